The van der Waals surface area contributed by atoms with Crippen molar-refractivity contribution in [3.63, 3.8) is 0 Å². The number of rotatable bonds is 8. The maximum absolute atomic E-state index is 12.6. The minimum atomic E-state index is -0.425. The van der Waals surface area contributed by atoms with Gasteiger partial charge in [0, 0.05) is 45.3 Å². The van der Waals surface area contributed by atoms with E-state index in [0.29, 0.717) is 24.4 Å². The van der Waals surface area contributed by atoms with Crippen LogP contribution in [-0.2, 0) is 14.3 Å². The van der Waals surface area contributed by atoms with Crippen molar-refractivity contribution >= 4 is 12.1 Å². The molecule has 2 saturated carbocycles. The van der Waals surface area contributed by atoms with Gasteiger partial charge in [0.25, 0.3) is 0 Å². The summed E-state index contributed by atoms with van der Waals surface area (Å²) in [5.74, 6) is 1.88. The molecule has 1 amide bonds. The number of ether oxygens (including phenoxy) is 2. The smallest absolute Gasteiger partial charge is 0.410 e. The molecular weight excluding hydrogens is 496 g/mol. The second kappa shape index (κ2) is 14.4. The Kier molecular flexibility index (Phi) is 11.3. The quantitative estimate of drug-likeness (QED) is 0.338. The monoisotopic (exact) mass is 550 g/mol. The molecule has 4 aliphatic rings. The molecule has 0 bridgehead atoms. The lowest BCUT2D eigenvalue weighted by molar-refractivity contribution is -0.153. The SMILES string of the molecule is CN1CCN(C(=O)OC2CCCC(NC3NCC(C4CCC(CNCC(=O)OC(C)(C)C)CC4)CN3)C2)CC1. The van der Waals surface area contributed by atoms with Gasteiger partial charge in [-0.1, -0.05) is 0 Å². The molecule has 39 heavy (non-hydrogen) atoms. The first-order chi connectivity index (χ1) is 18.6. The Hall–Kier alpha value is -1.46. The first-order valence-electron chi connectivity index (χ1n) is 15.4. The summed E-state index contributed by atoms with van der Waals surface area (Å²) in [5.41, 5.74) is -0.425. The van der Waals surface area contributed by atoms with E-state index in [1.54, 1.807) is 0 Å². The van der Waals surface area contributed by atoms with Crippen LogP contribution in [0.4, 0.5) is 4.79 Å². The lowest BCUT2D eigenvalue weighted by Crippen LogP contribution is -2.63. The highest BCUT2D eigenvalue weighted by atomic mass is 16.6. The zero-order chi connectivity index (χ0) is 27.8. The van der Waals surface area contributed by atoms with Gasteiger partial charge in [-0.3, -0.25) is 20.7 Å². The van der Waals surface area contributed by atoms with Crippen LogP contribution in [0.3, 0.4) is 0 Å². The van der Waals surface area contributed by atoms with Crippen molar-refractivity contribution in [3.8, 4) is 0 Å². The molecule has 0 aromatic carbocycles. The average Bonchev–Trinajstić information content (AvgIpc) is 2.89. The Balaban J connectivity index is 1.08. The molecule has 224 valence electrons. The van der Waals surface area contributed by atoms with Crippen LogP contribution >= 0.6 is 0 Å². The molecule has 2 atom stereocenters. The number of piperazine rings is 1. The summed E-state index contributed by atoms with van der Waals surface area (Å²) in [7, 11) is 2.09. The number of carbonyl (C=O) groups is 2. The maximum atomic E-state index is 12.6. The average molecular weight is 551 g/mol. The molecule has 2 saturated heterocycles. The van der Waals surface area contributed by atoms with Crippen molar-refractivity contribution in [1.82, 2.24) is 31.1 Å². The molecule has 4 fully saturated rings. The van der Waals surface area contributed by atoms with Crippen LogP contribution in [0.5, 0.6) is 0 Å². The largest absolute Gasteiger partial charge is 0.459 e. The van der Waals surface area contributed by atoms with Crippen molar-refractivity contribution < 1.29 is 19.1 Å². The van der Waals surface area contributed by atoms with Gasteiger partial charge in [0.15, 0.2) is 0 Å². The number of hydrogen-bond donors (Lipinski definition) is 4. The van der Waals surface area contributed by atoms with Crippen molar-refractivity contribution in [2.24, 2.45) is 17.8 Å². The molecule has 0 aromatic heterocycles. The van der Waals surface area contributed by atoms with Crippen LogP contribution in [0, 0.1) is 17.8 Å². The summed E-state index contributed by atoms with van der Waals surface area (Å²) in [6.07, 6.45) is 9.00. The van der Waals surface area contributed by atoms with Crippen LogP contribution in [0.1, 0.15) is 72.1 Å². The Labute approximate surface area is 235 Å². The highest BCUT2D eigenvalue weighted by Crippen LogP contribution is 2.33. The summed E-state index contributed by atoms with van der Waals surface area (Å²) in [5, 5.41) is 14.4. The third-order valence-corrected chi connectivity index (χ3v) is 8.91. The van der Waals surface area contributed by atoms with Gasteiger partial charge in [0.1, 0.15) is 18.0 Å². The van der Waals surface area contributed by atoms with Crippen LogP contribution < -0.4 is 21.3 Å². The predicted octanol–water partition coefficient (Wildman–Crippen LogP) is 2.10. The van der Waals surface area contributed by atoms with E-state index >= 15 is 0 Å². The van der Waals surface area contributed by atoms with Gasteiger partial charge in [-0.25, -0.2) is 4.79 Å². The number of amides is 1. The van der Waals surface area contributed by atoms with E-state index in [1.165, 1.54) is 25.7 Å². The number of nitrogens with zero attached hydrogens (tertiary/aromatic N) is 2. The molecule has 10 heteroatoms. The fraction of sp³-hybridized carbons (Fsp3) is 0.931. The standard InChI is InChI=1S/C29H54N6O4/c1-29(2,3)39-26(36)20-30-17-21-8-10-22(11-9-21)23-18-31-27(32-19-23)33-24-6-5-7-25(16-24)38-28(37)35-14-12-34(4)13-15-35/h21-25,27,30-33H,5-20H2,1-4H3. The highest BCUT2D eigenvalue weighted by Gasteiger charge is 2.33. The van der Waals surface area contributed by atoms with E-state index < -0.39 is 5.60 Å². The van der Waals surface area contributed by atoms with Crippen LogP contribution in [-0.4, -0.2) is 105 Å². The molecule has 4 rings (SSSR count). The van der Waals surface area contributed by atoms with Gasteiger partial charge in [-0.15, -0.1) is 0 Å². The third-order valence-electron chi connectivity index (χ3n) is 8.91. The summed E-state index contributed by atoms with van der Waals surface area (Å²) in [6.45, 7) is 12.3. The molecule has 2 heterocycles. The minimum Gasteiger partial charge on any atom is -0.459 e. The van der Waals surface area contributed by atoms with Gasteiger partial charge >= 0.3 is 12.1 Å². The van der Waals surface area contributed by atoms with E-state index in [4.69, 9.17) is 9.47 Å². The molecule has 2 unspecified atom stereocenters. The molecular formula is C29H54N6O4. The number of esters is 1. The van der Waals surface area contributed by atoms with E-state index in [1.807, 2.05) is 25.7 Å². The van der Waals surface area contributed by atoms with Gasteiger partial charge in [0.05, 0.1) is 6.54 Å². The molecule has 4 N–H and O–H groups in total. The summed E-state index contributed by atoms with van der Waals surface area (Å²) in [4.78, 5) is 28.6. The summed E-state index contributed by atoms with van der Waals surface area (Å²) < 4.78 is 11.3. The third kappa shape index (κ3) is 10.1. The van der Waals surface area contributed by atoms with Crippen LogP contribution in [0.2, 0.25) is 0 Å². The van der Waals surface area contributed by atoms with Crippen molar-refractivity contribution in [2.75, 3.05) is 59.4 Å². The van der Waals surface area contributed by atoms with E-state index in [0.717, 1.165) is 77.4 Å². The zero-order valence-corrected chi connectivity index (χ0v) is 24.8. The maximum Gasteiger partial charge on any atom is 0.410 e. The van der Waals surface area contributed by atoms with Gasteiger partial charge in [-0.05, 0) is 103 Å². The fourth-order valence-corrected chi connectivity index (χ4v) is 6.60. The second-order valence-corrected chi connectivity index (χ2v) is 13.3. The van der Waals surface area contributed by atoms with Crippen LogP contribution in [0.25, 0.3) is 0 Å². The zero-order valence-electron chi connectivity index (χ0n) is 24.8. The van der Waals surface area contributed by atoms with E-state index in [9.17, 15) is 9.59 Å². The summed E-state index contributed by atoms with van der Waals surface area (Å²) >= 11 is 0. The first-order valence-corrected chi connectivity index (χ1v) is 15.4. The molecule has 0 spiro atoms. The Morgan fingerprint density at radius 1 is 0.923 bits per heavy atom. The lowest BCUT2D eigenvalue weighted by Gasteiger charge is -2.41. The number of carbonyl (C=O) groups excluding carboxylic acids is 2. The number of nitrogens with one attached hydrogen (secondary N) is 4. The van der Waals surface area contributed by atoms with Crippen molar-refractivity contribution in [2.45, 2.75) is 96.2 Å². The molecule has 0 aromatic rings. The molecule has 2 aliphatic carbocycles. The first kappa shape index (κ1) is 30.5. The predicted molar refractivity (Wildman–Crippen MR) is 152 cm³/mol. The lowest BCUT2D eigenvalue weighted by atomic mass is 9.75. The topological polar surface area (TPSA) is 107 Å². The normalized spacial score (nSPS) is 33.0. The molecule has 2 aliphatic heterocycles. The second-order valence-electron chi connectivity index (χ2n) is 13.3. The Morgan fingerprint density at radius 3 is 2.28 bits per heavy atom. The Morgan fingerprint density at radius 2 is 1.62 bits per heavy atom. The highest BCUT2D eigenvalue weighted by molar-refractivity contribution is 5.72. The van der Waals surface area contributed by atoms with Crippen molar-refractivity contribution in [1.29, 1.82) is 0 Å². The molecule has 10 nitrogen and oxygen atoms in total. The molecule has 0 radical (unpaired) electrons. The summed E-state index contributed by atoms with van der Waals surface area (Å²) in [6, 6.07) is 0.356. The number of hydrogen-bond acceptors (Lipinski definition) is 9. The van der Waals surface area contributed by atoms with E-state index in [-0.39, 0.29) is 24.5 Å². The van der Waals surface area contributed by atoms with Crippen LogP contribution in [0.15, 0.2) is 0 Å². The van der Waals surface area contributed by atoms with Gasteiger partial charge < -0.3 is 24.6 Å². The van der Waals surface area contributed by atoms with E-state index in [2.05, 4.69) is 33.2 Å². The fourth-order valence-electron chi connectivity index (χ4n) is 6.60. The van der Waals surface area contributed by atoms with Gasteiger partial charge in [-0.2, -0.15) is 0 Å². The minimum absolute atomic E-state index is 0.00792. The van der Waals surface area contributed by atoms with Gasteiger partial charge in [0.2, 0.25) is 0 Å². The van der Waals surface area contributed by atoms with Crippen molar-refractivity contribution in [3.05, 3.63) is 0 Å². The number of likely N-dealkylation sites (N-methyl/N-ethyl adjacent to an activating group) is 1. The Bertz CT molecular complexity index is 768.